The Bertz CT molecular complexity index is 937. The maximum absolute atomic E-state index is 13.8. The molecule has 0 spiro atoms. The van der Waals surface area contributed by atoms with E-state index in [0.717, 1.165) is 18.9 Å². The monoisotopic (exact) mass is 385 g/mol. The second-order valence-electron chi connectivity index (χ2n) is 8.13. The van der Waals surface area contributed by atoms with E-state index < -0.39 is 17.2 Å². The number of amides is 1. The van der Waals surface area contributed by atoms with Crippen molar-refractivity contribution in [1.82, 2.24) is 14.9 Å². The number of halogens is 1. The lowest BCUT2D eigenvalue weighted by molar-refractivity contribution is -0.140. The van der Waals surface area contributed by atoms with Crippen LogP contribution in [-0.2, 0) is 4.79 Å². The van der Waals surface area contributed by atoms with Crippen molar-refractivity contribution in [2.24, 2.45) is 5.41 Å². The van der Waals surface area contributed by atoms with E-state index in [4.69, 9.17) is 0 Å². The minimum Gasteiger partial charge on any atom is -0.478 e. The summed E-state index contributed by atoms with van der Waals surface area (Å²) in [6.45, 7) is 8.00. The smallest absolute Gasteiger partial charge is 0.336 e. The highest BCUT2D eigenvalue weighted by Gasteiger charge is 2.36. The first-order valence-corrected chi connectivity index (χ1v) is 9.28. The summed E-state index contributed by atoms with van der Waals surface area (Å²) in [5, 5.41) is 9.45. The van der Waals surface area contributed by atoms with E-state index in [0.29, 0.717) is 23.8 Å². The molecular weight excluding hydrogens is 361 g/mol. The summed E-state index contributed by atoms with van der Waals surface area (Å²) < 4.78 is 13.8. The SMILES string of the molecule is Cc1nc(-c2cc(F)ccc2C(=O)O)cc(C2CCCN2C(=O)C(C)(C)C)n1. The molecule has 1 unspecified atom stereocenters. The first kappa shape index (κ1) is 19.9. The predicted molar refractivity (Wildman–Crippen MR) is 102 cm³/mol. The van der Waals surface area contributed by atoms with E-state index in [2.05, 4.69) is 9.97 Å². The number of aromatic nitrogens is 2. The standard InChI is InChI=1S/C21H24FN3O3/c1-12-23-16(15-10-13(22)7-8-14(15)19(26)27)11-17(24-12)18-6-5-9-25(18)20(28)21(2,3)4/h7-8,10-11,18H,5-6,9H2,1-4H3,(H,26,27). The van der Waals surface area contributed by atoms with Crippen LogP contribution in [0.2, 0.25) is 0 Å². The highest BCUT2D eigenvalue weighted by atomic mass is 19.1. The van der Waals surface area contributed by atoms with E-state index in [1.165, 1.54) is 12.1 Å². The van der Waals surface area contributed by atoms with E-state index in [1.807, 2.05) is 25.7 Å². The molecular formula is C21H24FN3O3. The number of carbonyl (C=O) groups excluding carboxylic acids is 1. The van der Waals surface area contributed by atoms with Crippen LogP contribution in [0.15, 0.2) is 24.3 Å². The van der Waals surface area contributed by atoms with Crippen LogP contribution in [0.25, 0.3) is 11.3 Å². The number of carbonyl (C=O) groups is 2. The van der Waals surface area contributed by atoms with Gasteiger partial charge >= 0.3 is 5.97 Å². The molecule has 1 N–H and O–H groups in total. The molecule has 1 aliphatic rings. The van der Waals surface area contributed by atoms with Crippen molar-refractivity contribution in [1.29, 1.82) is 0 Å². The fourth-order valence-corrected chi connectivity index (χ4v) is 3.56. The van der Waals surface area contributed by atoms with Crippen LogP contribution in [0.1, 0.15) is 61.5 Å². The molecule has 0 saturated carbocycles. The van der Waals surface area contributed by atoms with Gasteiger partial charge in [-0.15, -0.1) is 0 Å². The zero-order valence-electron chi connectivity index (χ0n) is 16.5. The van der Waals surface area contributed by atoms with Gasteiger partial charge in [0, 0.05) is 17.5 Å². The fraction of sp³-hybridized carbons (Fsp3) is 0.429. The van der Waals surface area contributed by atoms with Crippen molar-refractivity contribution < 1.29 is 19.1 Å². The van der Waals surface area contributed by atoms with Crippen LogP contribution in [0.4, 0.5) is 4.39 Å². The average Bonchev–Trinajstić information content (AvgIpc) is 3.08. The molecule has 6 nitrogen and oxygen atoms in total. The molecule has 2 aromatic rings. The van der Waals surface area contributed by atoms with Gasteiger partial charge in [-0.1, -0.05) is 20.8 Å². The van der Waals surface area contributed by atoms with E-state index in [9.17, 15) is 19.1 Å². The number of hydrogen-bond donors (Lipinski definition) is 1. The average molecular weight is 385 g/mol. The number of likely N-dealkylation sites (tertiary alicyclic amines) is 1. The number of carboxylic acid groups (broad SMARTS) is 1. The lowest BCUT2D eigenvalue weighted by Crippen LogP contribution is -2.39. The van der Waals surface area contributed by atoms with Crippen LogP contribution in [-0.4, -0.2) is 38.4 Å². The Kier molecular flexibility index (Phi) is 5.19. The molecule has 1 saturated heterocycles. The third-order valence-corrected chi connectivity index (χ3v) is 4.84. The number of carboxylic acids is 1. The molecule has 1 amide bonds. The zero-order valence-corrected chi connectivity index (χ0v) is 16.5. The van der Waals surface area contributed by atoms with Crippen molar-refractivity contribution >= 4 is 11.9 Å². The number of nitrogens with zero attached hydrogens (tertiary/aromatic N) is 3. The molecule has 3 rings (SSSR count). The third kappa shape index (κ3) is 3.88. The van der Waals surface area contributed by atoms with Crippen molar-refractivity contribution in [3.8, 4) is 11.3 Å². The van der Waals surface area contributed by atoms with Crippen LogP contribution in [0, 0.1) is 18.2 Å². The molecule has 2 heterocycles. The summed E-state index contributed by atoms with van der Waals surface area (Å²) in [5.41, 5.74) is 0.657. The van der Waals surface area contributed by atoms with E-state index >= 15 is 0 Å². The van der Waals surface area contributed by atoms with Crippen molar-refractivity contribution in [2.45, 2.75) is 46.6 Å². The van der Waals surface area contributed by atoms with Crippen molar-refractivity contribution in [3.05, 3.63) is 47.2 Å². The maximum Gasteiger partial charge on any atom is 0.336 e. The van der Waals surface area contributed by atoms with E-state index in [1.54, 1.807) is 13.0 Å². The Labute approximate surface area is 163 Å². The highest BCUT2D eigenvalue weighted by Crippen LogP contribution is 2.36. The lowest BCUT2D eigenvalue weighted by Gasteiger charge is -2.31. The second-order valence-corrected chi connectivity index (χ2v) is 8.13. The minimum absolute atomic E-state index is 0.0282. The minimum atomic E-state index is -1.15. The van der Waals surface area contributed by atoms with Crippen LogP contribution in [0.5, 0.6) is 0 Å². The maximum atomic E-state index is 13.8. The molecule has 7 heteroatoms. The number of aromatic carboxylic acids is 1. The summed E-state index contributed by atoms with van der Waals surface area (Å²) in [6.07, 6.45) is 1.64. The third-order valence-electron chi connectivity index (χ3n) is 4.84. The highest BCUT2D eigenvalue weighted by molar-refractivity contribution is 5.95. The van der Waals surface area contributed by atoms with E-state index in [-0.39, 0.29) is 23.1 Å². The predicted octanol–water partition coefficient (Wildman–Crippen LogP) is 4.00. The van der Waals surface area contributed by atoms with Gasteiger partial charge in [0.05, 0.1) is 23.0 Å². The quantitative estimate of drug-likeness (QED) is 0.863. The molecule has 148 valence electrons. The largest absolute Gasteiger partial charge is 0.478 e. The van der Waals surface area contributed by atoms with Gasteiger partial charge in [-0.2, -0.15) is 0 Å². The second kappa shape index (κ2) is 7.30. The first-order valence-electron chi connectivity index (χ1n) is 9.28. The Morgan fingerprint density at radius 1 is 1.21 bits per heavy atom. The van der Waals surface area contributed by atoms with Gasteiger partial charge in [0.1, 0.15) is 11.6 Å². The number of rotatable bonds is 3. The van der Waals surface area contributed by atoms with Crippen molar-refractivity contribution in [2.75, 3.05) is 6.54 Å². The Balaban J connectivity index is 2.07. The summed E-state index contributed by atoms with van der Waals surface area (Å²) in [7, 11) is 0. The molecule has 1 fully saturated rings. The summed E-state index contributed by atoms with van der Waals surface area (Å²) in [5.74, 6) is -1.20. The molecule has 28 heavy (non-hydrogen) atoms. The molecule has 1 aliphatic heterocycles. The normalized spacial score (nSPS) is 17.0. The number of hydrogen-bond acceptors (Lipinski definition) is 4. The molecule has 0 radical (unpaired) electrons. The summed E-state index contributed by atoms with van der Waals surface area (Å²) in [6, 6.07) is 4.99. The molecule has 1 aromatic heterocycles. The summed E-state index contributed by atoms with van der Waals surface area (Å²) in [4.78, 5) is 35.1. The van der Waals surface area contributed by atoms with Gasteiger partial charge in [-0.3, -0.25) is 4.79 Å². The van der Waals surface area contributed by atoms with Gasteiger partial charge in [0.25, 0.3) is 0 Å². The fourth-order valence-electron chi connectivity index (χ4n) is 3.56. The molecule has 0 aliphatic carbocycles. The van der Waals surface area contributed by atoms with Crippen LogP contribution < -0.4 is 0 Å². The Morgan fingerprint density at radius 2 is 1.93 bits per heavy atom. The lowest BCUT2D eigenvalue weighted by atomic mass is 9.94. The summed E-state index contributed by atoms with van der Waals surface area (Å²) >= 11 is 0. The number of aryl methyl sites for hydroxylation is 1. The Morgan fingerprint density at radius 3 is 2.57 bits per heavy atom. The van der Waals surface area contributed by atoms with Crippen molar-refractivity contribution in [3.63, 3.8) is 0 Å². The van der Waals surface area contributed by atoms with Gasteiger partial charge in [0.2, 0.25) is 5.91 Å². The van der Waals surface area contributed by atoms with Crippen LogP contribution >= 0.6 is 0 Å². The topological polar surface area (TPSA) is 83.4 Å². The zero-order chi connectivity index (χ0) is 20.6. The van der Waals surface area contributed by atoms with Gasteiger partial charge in [-0.05, 0) is 44.0 Å². The van der Waals surface area contributed by atoms with Gasteiger partial charge < -0.3 is 10.0 Å². The van der Waals surface area contributed by atoms with Gasteiger partial charge in [0.15, 0.2) is 0 Å². The molecule has 0 bridgehead atoms. The molecule has 1 atom stereocenters. The van der Waals surface area contributed by atoms with Gasteiger partial charge in [-0.25, -0.2) is 19.2 Å². The van der Waals surface area contributed by atoms with Crippen LogP contribution in [0.3, 0.4) is 0 Å². The molecule has 1 aromatic carbocycles. The number of benzene rings is 1. The Hall–Kier alpha value is -2.83. The first-order chi connectivity index (χ1) is 13.1.